The van der Waals surface area contributed by atoms with E-state index >= 15 is 0 Å². The average molecular weight is 396 g/mol. The molecule has 1 aliphatic carbocycles. The first-order valence-corrected chi connectivity index (χ1v) is 10.3. The molecular weight excluding hydrogens is 370 g/mol. The lowest BCUT2D eigenvalue weighted by Gasteiger charge is -2.33. The van der Waals surface area contributed by atoms with Crippen molar-refractivity contribution < 1.29 is 9.59 Å². The number of likely N-dealkylation sites (tertiary alicyclic amines) is 1. The van der Waals surface area contributed by atoms with Crippen LogP contribution in [0.15, 0.2) is 30.3 Å². The van der Waals surface area contributed by atoms with Gasteiger partial charge < -0.3 is 15.5 Å². The molecule has 26 heavy (non-hydrogen) atoms. The summed E-state index contributed by atoms with van der Waals surface area (Å²) in [5.74, 6) is 1.93. The summed E-state index contributed by atoms with van der Waals surface area (Å²) >= 11 is 1.68. The van der Waals surface area contributed by atoms with E-state index in [1.165, 1.54) is 5.56 Å². The van der Waals surface area contributed by atoms with Crippen molar-refractivity contribution in [3.63, 3.8) is 0 Å². The first kappa shape index (κ1) is 19.5. The van der Waals surface area contributed by atoms with Crippen molar-refractivity contribution in [1.29, 1.82) is 0 Å². The maximum Gasteiger partial charge on any atom is 0.246 e. The molecular formula is C19H26ClN3O2S. The van der Waals surface area contributed by atoms with E-state index in [-0.39, 0.29) is 48.1 Å². The maximum absolute atomic E-state index is 13.1. The van der Waals surface area contributed by atoms with Crippen LogP contribution in [-0.4, -0.2) is 58.4 Å². The first-order chi connectivity index (χ1) is 12.1. The number of hydrogen-bond acceptors (Lipinski definition) is 4. The van der Waals surface area contributed by atoms with E-state index in [0.717, 1.165) is 19.3 Å². The van der Waals surface area contributed by atoms with Crippen molar-refractivity contribution in [3.8, 4) is 0 Å². The lowest BCUT2D eigenvalue weighted by Crippen LogP contribution is -2.51. The fourth-order valence-electron chi connectivity index (χ4n) is 4.03. The van der Waals surface area contributed by atoms with Gasteiger partial charge in [0.25, 0.3) is 0 Å². The Bertz CT molecular complexity index is 655. The predicted octanol–water partition coefficient (Wildman–Crippen LogP) is 2.06. The van der Waals surface area contributed by atoms with Gasteiger partial charge in [0, 0.05) is 36.7 Å². The Morgan fingerprint density at radius 3 is 2.46 bits per heavy atom. The SMILES string of the molecule is Cl.N[C@@H]1CN(C(=O)C2CSCN2C(=O)C2CCC2)C[C@H]1c1ccccc1. The zero-order valence-electron chi connectivity index (χ0n) is 14.8. The maximum atomic E-state index is 13.1. The monoisotopic (exact) mass is 395 g/mol. The van der Waals surface area contributed by atoms with E-state index in [4.69, 9.17) is 5.73 Å². The van der Waals surface area contributed by atoms with Gasteiger partial charge in [0.15, 0.2) is 0 Å². The minimum atomic E-state index is -0.306. The molecule has 1 aromatic carbocycles. The molecule has 0 spiro atoms. The molecule has 3 aliphatic rings. The number of nitrogens with two attached hydrogens (primary N) is 1. The zero-order chi connectivity index (χ0) is 17.4. The second-order valence-electron chi connectivity index (χ2n) is 7.38. The highest BCUT2D eigenvalue weighted by molar-refractivity contribution is 7.99. The fraction of sp³-hybridized carbons (Fsp3) is 0.579. The number of thioether (sulfide) groups is 1. The van der Waals surface area contributed by atoms with Crippen LogP contribution in [0, 0.1) is 5.92 Å². The summed E-state index contributed by atoms with van der Waals surface area (Å²) in [6, 6.07) is 9.83. The number of amides is 2. The number of halogens is 1. The molecule has 0 radical (unpaired) electrons. The highest BCUT2D eigenvalue weighted by Crippen LogP contribution is 2.34. The van der Waals surface area contributed by atoms with Crippen molar-refractivity contribution >= 4 is 36.0 Å². The predicted molar refractivity (Wildman–Crippen MR) is 106 cm³/mol. The van der Waals surface area contributed by atoms with Crippen molar-refractivity contribution in [3.05, 3.63) is 35.9 Å². The van der Waals surface area contributed by atoms with Gasteiger partial charge >= 0.3 is 0 Å². The average Bonchev–Trinajstić information content (AvgIpc) is 3.20. The third kappa shape index (κ3) is 3.59. The Balaban J connectivity index is 0.00000196. The molecule has 3 atom stereocenters. The molecule has 2 saturated heterocycles. The molecule has 4 rings (SSSR count). The molecule has 2 N–H and O–H groups in total. The van der Waals surface area contributed by atoms with Gasteiger partial charge in [-0.1, -0.05) is 36.8 Å². The number of carbonyl (C=O) groups excluding carboxylic acids is 2. The van der Waals surface area contributed by atoms with Crippen LogP contribution in [-0.2, 0) is 9.59 Å². The van der Waals surface area contributed by atoms with E-state index in [9.17, 15) is 9.59 Å². The molecule has 0 bridgehead atoms. The van der Waals surface area contributed by atoms with Gasteiger partial charge in [0.05, 0.1) is 5.88 Å². The molecule has 1 unspecified atom stereocenters. The second-order valence-corrected chi connectivity index (χ2v) is 8.38. The van der Waals surface area contributed by atoms with Crippen LogP contribution in [0.5, 0.6) is 0 Å². The number of rotatable bonds is 3. The summed E-state index contributed by atoms with van der Waals surface area (Å²) in [5, 5.41) is 0. The summed E-state index contributed by atoms with van der Waals surface area (Å²) < 4.78 is 0. The van der Waals surface area contributed by atoms with Crippen LogP contribution in [0.2, 0.25) is 0 Å². The number of benzene rings is 1. The second kappa shape index (κ2) is 8.19. The van der Waals surface area contributed by atoms with E-state index in [1.807, 2.05) is 28.0 Å². The molecule has 1 aromatic rings. The summed E-state index contributed by atoms with van der Waals surface area (Å²) in [6.07, 6.45) is 3.09. The van der Waals surface area contributed by atoms with Crippen LogP contribution in [0.1, 0.15) is 30.7 Å². The lowest BCUT2D eigenvalue weighted by molar-refractivity contribution is -0.146. The fourth-order valence-corrected chi connectivity index (χ4v) is 5.18. The Hall–Kier alpha value is -1.24. The highest BCUT2D eigenvalue weighted by Gasteiger charge is 2.43. The van der Waals surface area contributed by atoms with Crippen LogP contribution in [0.4, 0.5) is 0 Å². The minimum absolute atomic E-state index is 0. The van der Waals surface area contributed by atoms with Gasteiger partial charge in [-0.2, -0.15) is 0 Å². The minimum Gasteiger partial charge on any atom is -0.339 e. The van der Waals surface area contributed by atoms with Gasteiger partial charge in [-0.25, -0.2) is 0 Å². The van der Waals surface area contributed by atoms with Crippen molar-refractivity contribution in [2.75, 3.05) is 24.7 Å². The molecule has 142 valence electrons. The Morgan fingerprint density at radius 2 is 1.81 bits per heavy atom. The van der Waals surface area contributed by atoms with Crippen LogP contribution < -0.4 is 5.73 Å². The molecule has 1 saturated carbocycles. The van der Waals surface area contributed by atoms with Crippen LogP contribution >= 0.6 is 24.2 Å². The van der Waals surface area contributed by atoms with Gasteiger partial charge in [0.2, 0.25) is 11.8 Å². The first-order valence-electron chi connectivity index (χ1n) is 9.12. The van der Waals surface area contributed by atoms with Crippen molar-refractivity contribution in [1.82, 2.24) is 9.80 Å². The Labute approximate surface area is 165 Å². The quantitative estimate of drug-likeness (QED) is 0.850. The van der Waals surface area contributed by atoms with Gasteiger partial charge in [-0.15, -0.1) is 24.2 Å². The van der Waals surface area contributed by atoms with E-state index in [1.54, 1.807) is 11.8 Å². The highest BCUT2D eigenvalue weighted by atomic mass is 35.5. The summed E-state index contributed by atoms with van der Waals surface area (Å²) in [6.45, 7) is 1.22. The normalized spacial score (nSPS) is 28.6. The largest absolute Gasteiger partial charge is 0.339 e. The third-order valence-corrected chi connectivity index (χ3v) is 6.82. The molecule has 2 aliphatic heterocycles. The van der Waals surface area contributed by atoms with Crippen LogP contribution in [0.3, 0.4) is 0 Å². The van der Waals surface area contributed by atoms with Gasteiger partial charge in [-0.3, -0.25) is 9.59 Å². The third-order valence-electron chi connectivity index (χ3n) is 5.81. The Kier molecular flexibility index (Phi) is 6.15. The van der Waals surface area contributed by atoms with E-state index < -0.39 is 0 Å². The standard InChI is InChI=1S/C19H25N3O2S.ClH/c20-16-10-21(9-15(16)13-5-2-1-3-6-13)19(24)17-11-25-12-22(17)18(23)14-7-4-8-14;/h1-3,5-6,14-17H,4,7-12,20H2;1H/t15-,16+,17?;/m0./s1. The molecule has 3 fully saturated rings. The molecule has 5 nitrogen and oxygen atoms in total. The van der Waals surface area contributed by atoms with E-state index in [2.05, 4.69) is 12.1 Å². The number of nitrogens with zero attached hydrogens (tertiary/aromatic N) is 2. The van der Waals surface area contributed by atoms with Gasteiger partial charge in [-0.05, 0) is 18.4 Å². The molecule has 2 amide bonds. The van der Waals surface area contributed by atoms with Crippen molar-refractivity contribution in [2.24, 2.45) is 11.7 Å². The van der Waals surface area contributed by atoms with Crippen molar-refractivity contribution in [2.45, 2.75) is 37.3 Å². The topological polar surface area (TPSA) is 66.6 Å². The summed E-state index contributed by atoms with van der Waals surface area (Å²) in [4.78, 5) is 29.4. The number of hydrogen-bond donors (Lipinski definition) is 1. The zero-order valence-corrected chi connectivity index (χ0v) is 16.4. The Morgan fingerprint density at radius 1 is 1.08 bits per heavy atom. The number of carbonyl (C=O) groups is 2. The molecule has 7 heteroatoms. The molecule has 0 aromatic heterocycles. The summed E-state index contributed by atoms with van der Waals surface area (Å²) in [5.41, 5.74) is 7.52. The molecule has 2 heterocycles. The smallest absolute Gasteiger partial charge is 0.246 e. The lowest BCUT2D eigenvalue weighted by atomic mass is 9.84. The van der Waals surface area contributed by atoms with Crippen LogP contribution in [0.25, 0.3) is 0 Å². The van der Waals surface area contributed by atoms with Gasteiger partial charge in [0.1, 0.15) is 6.04 Å². The summed E-state index contributed by atoms with van der Waals surface area (Å²) in [7, 11) is 0. The van der Waals surface area contributed by atoms with E-state index in [0.29, 0.717) is 24.7 Å².